The highest BCUT2D eigenvalue weighted by Crippen LogP contribution is 2.66. The average Bonchev–Trinajstić information content (AvgIpc) is 2.80. The van der Waals surface area contributed by atoms with Crippen molar-refractivity contribution in [2.24, 2.45) is 23.7 Å². The van der Waals surface area contributed by atoms with Gasteiger partial charge in [-0.2, -0.15) is 4.37 Å². The van der Waals surface area contributed by atoms with Crippen molar-refractivity contribution in [3.63, 3.8) is 0 Å². The summed E-state index contributed by atoms with van der Waals surface area (Å²) in [5.41, 5.74) is 5.80. The molecule has 4 rings (SSSR count). The van der Waals surface area contributed by atoms with Crippen LogP contribution in [0, 0.1) is 23.7 Å². The van der Waals surface area contributed by atoms with E-state index in [1.54, 1.807) is 0 Å². The fourth-order valence-electron chi connectivity index (χ4n) is 4.49. The molecule has 21 heavy (non-hydrogen) atoms. The zero-order chi connectivity index (χ0) is 14.9. The quantitative estimate of drug-likeness (QED) is 0.873. The summed E-state index contributed by atoms with van der Waals surface area (Å²) in [6.07, 6.45) is 4.07. The lowest BCUT2D eigenvalue weighted by molar-refractivity contribution is 0.456. The topological polar surface area (TPSA) is 88.3 Å². The molecule has 1 aromatic rings. The van der Waals surface area contributed by atoms with Crippen molar-refractivity contribution < 1.29 is 8.42 Å². The molecule has 2 bridgehead atoms. The van der Waals surface area contributed by atoms with E-state index in [-0.39, 0.29) is 10.7 Å². The van der Waals surface area contributed by atoms with E-state index >= 15 is 0 Å². The Hall–Kier alpha value is -0.860. The maximum Gasteiger partial charge on any atom is 0.249 e. The van der Waals surface area contributed by atoms with Gasteiger partial charge in [0.2, 0.25) is 10.0 Å². The number of anilines is 2. The summed E-state index contributed by atoms with van der Waals surface area (Å²) >= 11 is 1.16. The minimum absolute atomic E-state index is 0.102. The first-order chi connectivity index (χ1) is 9.91. The number of hydrogen-bond acceptors (Lipinski definition) is 6. The van der Waals surface area contributed by atoms with Gasteiger partial charge in [0.1, 0.15) is 5.00 Å². The van der Waals surface area contributed by atoms with Crippen LogP contribution in [0.2, 0.25) is 0 Å². The van der Waals surface area contributed by atoms with Crippen LogP contribution in [-0.2, 0) is 10.0 Å². The van der Waals surface area contributed by atoms with Crippen LogP contribution >= 0.6 is 11.5 Å². The van der Waals surface area contributed by atoms with Gasteiger partial charge < -0.3 is 11.1 Å². The fraction of sp³-hybridized carbons (Fsp3) is 0.769. The predicted molar refractivity (Wildman–Crippen MR) is 82.6 cm³/mol. The minimum Gasteiger partial charge on any atom is -0.382 e. The maximum absolute atomic E-state index is 12.4. The van der Waals surface area contributed by atoms with Crippen LogP contribution in [0.25, 0.3) is 0 Å². The van der Waals surface area contributed by atoms with Crippen LogP contribution in [0.4, 0.5) is 10.8 Å². The molecule has 8 heteroatoms. The number of nitrogens with two attached hydrogens (primary N) is 1. The molecule has 0 amide bonds. The van der Waals surface area contributed by atoms with Gasteiger partial charge in [-0.1, -0.05) is 0 Å². The van der Waals surface area contributed by atoms with Crippen molar-refractivity contribution in [1.29, 1.82) is 0 Å². The lowest BCUT2D eigenvalue weighted by Crippen LogP contribution is -2.24. The summed E-state index contributed by atoms with van der Waals surface area (Å²) in [6, 6.07) is 0.423. The summed E-state index contributed by atoms with van der Waals surface area (Å²) in [4.78, 5) is 0.148. The lowest BCUT2D eigenvalue weighted by Gasteiger charge is -2.14. The van der Waals surface area contributed by atoms with Crippen molar-refractivity contribution in [1.82, 2.24) is 8.68 Å². The molecule has 116 valence electrons. The third-order valence-corrected chi connectivity index (χ3v) is 8.26. The van der Waals surface area contributed by atoms with E-state index in [1.165, 1.54) is 37.7 Å². The SMILES string of the molecule is CN(C)S(=O)(=O)c1c(N)nsc1NC1C2C3CCC(C3)C12. The normalized spacial score (nSPS) is 37.0. The predicted octanol–water partition coefficient (Wildman–Crippen LogP) is 1.43. The molecular formula is C13H20N4O2S2. The van der Waals surface area contributed by atoms with E-state index in [9.17, 15) is 8.42 Å². The molecule has 3 aliphatic carbocycles. The molecule has 3 aliphatic rings. The van der Waals surface area contributed by atoms with Crippen molar-refractivity contribution in [2.45, 2.75) is 30.2 Å². The molecular weight excluding hydrogens is 308 g/mol. The number of nitrogen functional groups attached to an aromatic ring is 1. The van der Waals surface area contributed by atoms with Gasteiger partial charge in [0, 0.05) is 20.1 Å². The summed E-state index contributed by atoms with van der Waals surface area (Å²) in [6.45, 7) is 0. The monoisotopic (exact) mass is 328 g/mol. The molecule has 4 unspecified atom stereocenters. The second-order valence-electron chi connectivity index (χ2n) is 6.67. The number of nitrogens with zero attached hydrogens (tertiary/aromatic N) is 2. The van der Waals surface area contributed by atoms with Crippen LogP contribution in [0.3, 0.4) is 0 Å². The molecule has 1 aromatic heterocycles. The highest BCUT2D eigenvalue weighted by atomic mass is 32.2. The summed E-state index contributed by atoms with van der Waals surface area (Å²) < 4.78 is 30.0. The first-order valence-corrected chi connectivity index (χ1v) is 9.57. The number of rotatable bonds is 4. The number of aromatic nitrogens is 1. The van der Waals surface area contributed by atoms with Gasteiger partial charge in [0.05, 0.1) is 0 Å². The Bertz CT molecular complexity index is 668. The highest BCUT2D eigenvalue weighted by molar-refractivity contribution is 7.89. The summed E-state index contributed by atoms with van der Waals surface area (Å²) in [7, 11) is -0.522. The molecule has 0 radical (unpaired) electrons. The van der Waals surface area contributed by atoms with Crippen molar-refractivity contribution >= 4 is 32.4 Å². The van der Waals surface area contributed by atoms with Crippen LogP contribution in [0.5, 0.6) is 0 Å². The first-order valence-electron chi connectivity index (χ1n) is 7.35. The second-order valence-corrected chi connectivity index (χ2v) is 9.53. The second kappa shape index (κ2) is 4.33. The molecule has 0 aliphatic heterocycles. The van der Waals surface area contributed by atoms with Crippen LogP contribution in [0.15, 0.2) is 4.90 Å². The van der Waals surface area contributed by atoms with Gasteiger partial charge in [-0.25, -0.2) is 12.7 Å². The first kappa shape index (κ1) is 13.8. The standard InChI is InChI=1S/C13H20N4O2S2/c1-17(2)21(18,19)11-12(14)16-20-13(11)15-10-8-6-3-4-7(5-6)9(8)10/h6-10,15H,3-5H2,1-2H3,(H2,14,16). The Labute approximate surface area is 128 Å². The van der Waals surface area contributed by atoms with Crippen LogP contribution < -0.4 is 11.1 Å². The van der Waals surface area contributed by atoms with Crippen LogP contribution in [-0.4, -0.2) is 37.2 Å². The molecule has 0 saturated heterocycles. The van der Waals surface area contributed by atoms with Gasteiger partial charge in [0.25, 0.3) is 0 Å². The van der Waals surface area contributed by atoms with Gasteiger partial charge in [-0.15, -0.1) is 0 Å². The zero-order valence-electron chi connectivity index (χ0n) is 12.1. The van der Waals surface area contributed by atoms with Gasteiger partial charge in [-0.3, -0.25) is 0 Å². The summed E-state index contributed by atoms with van der Waals surface area (Å²) in [5, 5.41) is 4.05. The van der Waals surface area contributed by atoms with E-state index in [4.69, 9.17) is 5.73 Å². The molecule has 4 atom stereocenters. The van der Waals surface area contributed by atoms with Gasteiger partial charge in [0.15, 0.2) is 10.7 Å². The van der Waals surface area contributed by atoms with E-state index < -0.39 is 10.0 Å². The van der Waals surface area contributed by atoms with E-state index in [1.807, 2.05) is 0 Å². The number of fused-ring (bicyclic) bond motifs is 5. The third kappa shape index (κ3) is 1.85. The largest absolute Gasteiger partial charge is 0.382 e. The number of nitrogens with one attached hydrogen (secondary N) is 1. The third-order valence-electron chi connectivity index (χ3n) is 5.45. The Kier molecular flexibility index (Phi) is 2.84. The van der Waals surface area contributed by atoms with Crippen molar-refractivity contribution in [3.8, 4) is 0 Å². The highest BCUT2D eigenvalue weighted by Gasteiger charge is 2.65. The summed E-state index contributed by atoms with van der Waals surface area (Å²) in [5.74, 6) is 3.27. The molecule has 6 nitrogen and oxygen atoms in total. The van der Waals surface area contributed by atoms with E-state index in [0.29, 0.717) is 11.0 Å². The maximum atomic E-state index is 12.4. The van der Waals surface area contributed by atoms with Gasteiger partial charge >= 0.3 is 0 Å². The fourth-order valence-corrected chi connectivity index (χ4v) is 6.60. The number of hydrogen-bond donors (Lipinski definition) is 2. The minimum atomic E-state index is -3.55. The van der Waals surface area contributed by atoms with E-state index in [2.05, 4.69) is 9.69 Å². The molecule has 0 spiro atoms. The van der Waals surface area contributed by atoms with Crippen molar-refractivity contribution in [3.05, 3.63) is 0 Å². The molecule has 1 heterocycles. The van der Waals surface area contributed by atoms with E-state index in [0.717, 1.165) is 35.2 Å². The zero-order valence-corrected chi connectivity index (χ0v) is 13.7. The molecule has 0 aromatic carbocycles. The van der Waals surface area contributed by atoms with Crippen molar-refractivity contribution in [2.75, 3.05) is 25.1 Å². The molecule has 3 N–H and O–H groups in total. The van der Waals surface area contributed by atoms with Crippen LogP contribution in [0.1, 0.15) is 19.3 Å². The lowest BCUT2D eigenvalue weighted by atomic mass is 10.0. The Morgan fingerprint density at radius 3 is 2.48 bits per heavy atom. The molecule has 3 fully saturated rings. The van der Waals surface area contributed by atoms with Gasteiger partial charge in [-0.05, 0) is 54.5 Å². The average molecular weight is 328 g/mol. The Morgan fingerprint density at radius 2 is 1.90 bits per heavy atom. The molecule has 3 saturated carbocycles. The number of sulfonamides is 1. The smallest absolute Gasteiger partial charge is 0.249 e. The Balaban J connectivity index is 1.61. The Morgan fingerprint density at radius 1 is 1.29 bits per heavy atom.